The zero-order valence-corrected chi connectivity index (χ0v) is 18.1. The average Bonchev–Trinajstić information content (AvgIpc) is 3.12. The quantitative estimate of drug-likeness (QED) is 0.446. The zero-order valence-electron chi connectivity index (χ0n) is 17.3. The molecule has 0 unspecified atom stereocenters. The molecule has 1 heterocycles. The molecule has 0 spiro atoms. The van der Waals surface area contributed by atoms with Gasteiger partial charge in [0.1, 0.15) is 10.7 Å². The van der Waals surface area contributed by atoms with Gasteiger partial charge in [0.05, 0.1) is 0 Å². The molecule has 2 N–H and O–H groups in total. The molecule has 1 aromatic heterocycles. The van der Waals surface area contributed by atoms with Crippen molar-refractivity contribution in [1.29, 1.82) is 0 Å². The van der Waals surface area contributed by atoms with Gasteiger partial charge < -0.3 is 15.4 Å². The molecule has 28 heavy (non-hydrogen) atoms. The standard InChI is InChI=1S/C20H31N3O4S/c1-7-14(8-2)9-18(25)23(6)16(12(3)4)10-17(27-13(5)24)20-22-15(11-28-20)19(21)26/h7,11-12,14,16-17H,1,8-10H2,2-6H3,(H2,21,26)/t14-,16+,17+/m0/s1. The maximum Gasteiger partial charge on any atom is 0.303 e. The van der Waals surface area contributed by atoms with Crippen LogP contribution in [0.1, 0.15) is 68.6 Å². The Labute approximate surface area is 171 Å². The van der Waals surface area contributed by atoms with Crippen LogP contribution in [0, 0.1) is 11.8 Å². The molecule has 0 fully saturated rings. The number of nitrogens with two attached hydrogens (primary N) is 1. The predicted octanol–water partition coefficient (Wildman–Crippen LogP) is 3.32. The maximum absolute atomic E-state index is 12.7. The van der Waals surface area contributed by atoms with Gasteiger partial charge in [-0.1, -0.05) is 26.8 Å². The van der Waals surface area contributed by atoms with Gasteiger partial charge in [0, 0.05) is 38.2 Å². The van der Waals surface area contributed by atoms with Crippen molar-refractivity contribution in [2.45, 2.75) is 59.1 Å². The first kappa shape index (κ1) is 23.8. The summed E-state index contributed by atoms with van der Waals surface area (Å²) >= 11 is 1.21. The van der Waals surface area contributed by atoms with Crippen LogP contribution in [0.5, 0.6) is 0 Å². The smallest absolute Gasteiger partial charge is 0.303 e. The van der Waals surface area contributed by atoms with E-state index in [0.717, 1.165) is 6.42 Å². The Morgan fingerprint density at radius 1 is 1.39 bits per heavy atom. The Bertz CT molecular complexity index is 701. The molecule has 0 aliphatic heterocycles. The molecule has 0 bridgehead atoms. The second-order valence-electron chi connectivity index (χ2n) is 7.19. The van der Waals surface area contributed by atoms with Crippen molar-refractivity contribution in [1.82, 2.24) is 9.88 Å². The van der Waals surface area contributed by atoms with Gasteiger partial charge in [0.25, 0.3) is 5.91 Å². The Morgan fingerprint density at radius 3 is 2.46 bits per heavy atom. The van der Waals surface area contributed by atoms with Crippen molar-refractivity contribution in [2.24, 2.45) is 17.6 Å². The number of ether oxygens (including phenoxy) is 1. The van der Waals surface area contributed by atoms with Gasteiger partial charge in [-0.15, -0.1) is 17.9 Å². The molecule has 0 aromatic carbocycles. The highest BCUT2D eigenvalue weighted by Crippen LogP contribution is 2.30. The van der Waals surface area contributed by atoms with Crippen LogP contribution in [-0.2, 0) is 14.3 Å². The first-order chi connectivity index (χ1) is 13.1. The minimum absolute atomic E-state index is 0.0176. The van der Waals surface area contributed by atoms with E-state index in [4.69, 9.17) is 10.5 Å². The van der Waals surface area contributed by atoms with Crippen LogP contribution >= 0.6 is 11.3 Å². The normalized spacial score (nSPS) is 14.2. The Morgan fingerprint density at radius 2 is 2.04 bits per heavy atom. The number of carbonyl (C=O) groups is 3. The lowest BCUT2D eigenvalue weighted by molar-refractivity contribution is -0.148. The summed E-state index contributed by atoms with van der Waals surface area (Å²) in [6, 6.07) is -0.167. The topological polar surface area (TPSA) is 103 Å². The van der Waals surface area contributed by atoms with Crippen LogP contribution in [0.3, 0.4) is 0 Å². The molecule has 1 aromatic rings. The zero-order chi connectivity index (χ0) is 21.4. The third kappa shape index (κ3) is 6.74. The van der Waals surface area contributed by atoms with E-state index >= 15 is 0 Å². The molecule has 0 radical (unpaired) electrons. The van der Waals surface area contributed by atoms with Crippen LogP contribution in [0.4, 0.5) is 0 Å². The second-order valence-corrected chi connectivity index (χ2v) is 8.08. The Hall–Kier alpha value is -2.22. The number of allylic oxidation sites excluding steroid dienone is 1. The fraction of sp³-hybridized carbons (Fsp3) is 0.600. The van der Waals surface area contributed by atoms with E-state index in [-0.39, 0.29) is 29.5 Å². The first-order valence-electron chi connectivity index (χ1n) is 9.41. The van der Waals surface area contributed by atoms with Gasteiger partial charge in [-0.05, 0) is 18.3 Å². The van der Waals surface area contributed by atoms with E-state index in [0.29, 0.717) is 17.8 Å². The van der Waals surface area contributed by atoms with E-state index in [1.807, 2.05) is 20.8 Å². The van der Waals surface area contributed by atoms with Crippen molar-refractivity contribution in [3.8, 4) is 0 Å². The van der Waals surface area contributed by atoms with E-state index in [1.54, 1.807) is 23.4 Å². The van der Waals surface area contributed by atoms with Gasteiger partial charge >= 0.3 is 5.97 Å². The SMILES string of the molecule is C=C[C@@H](CC)CC(=O)N(C)[C@H](C[C@@H](OC(C)=O)c1nc(C(N)=O)cs1)C(C)C. The van der Waals surface area contributed by atoms with Gasteiger partial charge in [-0.3, -0.25) is 14.4 Å². The van der Waals surface area contributed by atoms with E-state index in [1.165, 1.54) is 18.3 Å². The van der Waals surface area contributed by atoms with Crippen molar-refractivity contribution < 1.29 is 19.1 Å². The molecule has 8 heteroatoms. The number of carbonyl (C=O) groups excluding carboxylic acids is 3. The van der Waals surface area contributed by atoms with Crippen molar-refractivity contribution >= 4 is 29.1 Å². The molecule has 1 rings (SSSR count). The molecular weight excluding hydrogens is 378 g/mol. The van der Waals surface area contributed by atoms with E-state index in [2.05, 4.69) is 11.6 Å². The monoisotopic (exact) mass is 409 g/mol. The highest BCUT2D eigenvalue weighted by atomic mass is 32.1. The van der Waals surface area contributed by atoms with Crippen LogP contribution in [-0.4, -0.2) is 40.8 Å². The number of hydrogen-bond acceptors (Lipinski definition) is 6. The molecule has 0 aliphatic carbocycles. The summed E-state index contributed by atoms with van der Waals surface area (Å²) in [5.74, 6) is -0.804. The third-order valence-electron chi connectivity index (χ3n) is 4.77. The molecule has 156 valence electrons. The highest BCUT2D eigenvalue weighted by Gasteiger charge is 2.30. The van der Waals surface area contributed by atoms with Gasteiger partial charge in [0.2, 0.25) is 5.91 Å². The molecule has 7 nitrogen and oxygen atoms in total. The average molecular weight is 410 g/mol. The van der Waals surface area contributed by atoms with Gasteiger partial charge in [0.15, 0.2) is 6.10 Å². The van der Waals surface area contributed by atoms with Crippen LogP contribution in [0.15, 0.2) is 18.0 Å². The summed E-state index contributed by atoms with van der Waals surface area (Å²) in [6.45, 7) is 11.2. The number of hydrogen-bond donors (Lipinski definition) is 1. The lowest BCUT2D eigenvalue weighted by Gasteiger charge is -2.34. The number of amides is 2. The summed E-state index contributed by atoms with van der Waals surface area (Å²) in [6.07, 6.45) is 2.77. The van der Waals surface area contributed by atoms with Gasteiger partial charge in [-0.25, -0.2) is 4.98 Å². The van der Waals surface area contributed by atoms with Crippen LogP contribution in [0.2, 0.25) is 0 Å². The van der Waals surface area contributed by atoms with Gasteiger partial charge in [-0.2, -0.15) is 0 Å². The fourth-order valence-electron chi connectivity index (χ4n) is 2.99. The summed E-state index contributed by atoms with van der Waals surface area (Å²) in [7, 11) is 1.77. The number of thiazole rings is 1. The number of esters is 1. The molecule has 2 amide bonds. The summed E-state index contributed by atoms with van der Waals surface area (Å²) in [5.41, 5.74) is 5.41. The van der Waals surface area contributed by atoms with Crippen molar-refractivity contribution in [2.75, 3.05) is 7.05 Å². The lowest BCUT2D eigenvalue weighted by atomic mass is 9.95. The molecular formula is C20H31N3O4S. The number of nitrogens with zero attached hydrogens (tertiary/aromatic N) is 2. The predicted molar refractivity (Wildman–Crippen MR) is 110 cm³/mol. The summed E-state index contributed by atoms with van der Waals surface area (Å²) in [4.78, 5) is 41.6. The lowest BCUT2D eigenvalue weighted by Crippen LogP contribution is -2.42. The van der Waals surface area contributed by atoms with Crippen molar-refractivity contribution in [3.63, 3.8) is 0 Å². The van der Waals surface area contributed by atoms with Crippen LogP contribution in [0.25, 0.3) is 0 Å². The van der Waals surface area contributed by atoms with E-state index in [9.17, 15) is 14.4 Å². The molecule has 3 atom stereocenters. The van der Waals surface area contributed by atoms with E-state index < -0.39 is 18.0 Å². The third-order valence-corrected chi connectivity index (χ3v) is 5.71. The maximum atomic E-state index is 12.7. The summed E-state index contributed by atoms with van der Waals surface area (Å²) < 4.78 is 5.47. The minimum Gasteiger partial charge on any atom is -0.455 e. The minimum atomic E-state index is -0.653. The number of primary amides is 1. The Balaban J connectivity index is 3.05. The summed E-state index contributed by atoms with van der Waals surface area (Å²) in [5, 5.41) is 2.04. The number of rotatable bonds is 11. The van der Waals surface area contributed by atoms with Crippen molar-refractivity contribution in [3.05, 3.63) is 28.7 Å². The fourth-order valence-corrected chi connectivity index (χ4v) is 3.84. The largest absolute Gasteiger partial charge is 0.455 e. The Kier molecular flexibility index (Phi) is 9.31. The van der Waals surface area contributed by atoms with Crippen LogP contribution < -0.4 is 5.73 Å². The second kappa shape index (κ2) is 10.9. The molecule has 0 saturated carbocycles. The molecule has 0 saturated heterocycles. The highest BCUT2D eigenvalue weighted by molar-refractivity contribution is 7.09. The molecule has 0 aliphatic rings. The number of aromatic nitrogens is 1. The first-order valence-corrected chi connectivity index (χ1v) is 10.3.